The Morgan fingerprint density at radius 3 is 2.50 bits per heavy atom. The van der Waals surface area contributed by atoms with Crippen LogP contribution in [0.25, 0.3) is 0 Å². The minimum atomic E-state index is 0.255. The van der Waals surface area contributed by atoms with Gasteiger partial charge in [0, 0.05) is 30.5 Å². The molecule has 88 valence electrons. The number of halogens is 1. The van der Waals surface area contributed by atoms with Crippen molar-refractivity contribution in [3.63, 3.8) is 0 Å². The third-order valence-electron chi connectivity index (χ3n) is 3.74. The zero-order valence-corrected chi connectivity index (χ0v) is 11.5. The predicted octanol–water partition coefficient (Wildman–Crippen LogP) is 2.90. The van der Waals surface area contributed by atoms with Gasteiger partial charge in [0.05, 0.1) is 5.69 Å². The van der Waals surface area contributed by atoms with E-state index in [1.807, 2.05) is 0 Å². The molecule has 2 rings (SSSR count). The summed E-state index contributed by atoms with van der Waals surface area (Å²) < 4.78 is 1.15. The number of nitrogens with two attached hydrogens (primary N) is 1. The van der Waals surface area contributed by atoms with Crippen LogP contribution >= 0.6 is 15.9 Å². The van der Waals surface area contributed by atoms with Crippen molar-refractivity contribution in [3.8, 4) is 0 Å². The molecule has 0 amide bonds. The van der Waals surface area contributed by atoms with Gasteiger partial charge in [0.2, 0.25) is 0 Å². The van der Waals surface area contributed by atoms with E-state index in [2.05, 4.69) is 53.1 Å². The average Bonchev–Trinajstić information content (AvgIpc) is 2.19. The summed E-state index contributed by atoms with van der Waals surface area (Å²) in [5, 5.41) is 0. The molecule has 0 atom stereocenters. The largest absolute Gasteiger partial charge is 0.377 e. The van der Waals surface area contributed by atoms with Gasteiger partial charge in [-0.2, -0.15) is 0 Å². The summed E-state index contributed by atoms with van der Waals surface area (Å²) in [5.41, 5.74) is 8.83. The van der Waals surface area contributed by atoms with Crippen LogP contribution in [0.1, 0.15) is 24.8 Å². The third kappa shape index (κ3) is 1.87. The summed E-state index contributed by atoms with van der Waals surface area (Å²) in [7, 11) is 4.14. The van der Waals surface area contributed by atoms with Gasteiger partial charge in [-0.3, -0.25) is 0 Å². The lowest BCUT2D eigenvalue weighted by Crippen LogP contribution is -2.41. The van der Waals surface area contributed by atoms with Gasteiger partial charge in [-0.1, -0.05) is 12.5 Å². The summed E-state index contributed by atoms with van der Waals surface area (Å²) in [5.74, 6) is 0. The van der Waals surface area contributed by atoms with E-state index in [4.69, 9.17) is 5.73 Å². The van der Waals surface area contributed by atoms with Crippen molar-refractivity contribution in [2.24, 2.45) is 5.73 Å². The molecule has 2 N–H and O–H groups in total. The molecule has 1 aliphatic carbocycles. The van der Waals surface area contributed by atoms with Gasteiger partial charge < -0.3 is 10.6 Å². The van der Waals surface area contributed by atoms with Crippen LogP contribution in [0.15, 0.2) is 22.7 Å². The molecule has 0 saturated heterocycles. The Morgan fingerprint density at radius 1 is 1.38 bits per heavy atom. The molecule has 0 aliphatic heterocycles. The molecular formula is C13H19BrN2. The summed E-state index contributed by atoms with van der Waals surface area (Å²) in [4.78, 5) is 2.14. The first-order chi connectivity index (χ1) is 7.59. The van der Waals surface area contributed by atoms with Crippen molar-refractivity contribution >= 4 is 21.6 Å². The number of rotatable bonds is 3. The second-order valence-corrected chi connectivity index (χ2v) is 5.75. The molecule has 0 radical (unpaired) electrons. The van der Waals surface area contributed by atoms with Crippen LogP contribution in [0, 0.1) is 0 Å². The molecule has 0 bridgehead atoms. The Labute approximate surface area is 106 Å². The lowest BCUT2D eigenvalue weighted by atomic mass is 9.64. The van der Waals surface area contributed by atoms with E-state index in [0.717, 1.165) is 11.0 Å². The van der Waals surface area contributed by atoms with Gasteiger partial charge in [-0.25, -0.2) is 0 Å². The average molecular weight is 283 g/mol. The Balaban J connectivity index is 2.39. The van der Waals surface area contributed by atoms with Gasteiger partial charge in [-0.15, -0.1) is 0 Å². The van der Waals surface area contributed by atoms with Crippen molar-refractivity contribution in [2.45, 2.75) is 24.7 Å². The second-order valence-electron chi connectivity index (χ2n) is 4.90. The van der Waals surface area contributed by atoms with Gasteiger partial charge in [0.15, 0.2) is 0 Å². The van der Waals surface area contributed by atoms with Crippen LogP contribution in [0.4, 0.5) is 5.69 Å². The molecule has 0 aromatic heterocycles. The Kier molecular flexibility index (Phi) is 3.27. The standard InChI is InChI=1S/C13H19BrN2/c1-16(2)12-8-10(4-5-11(12)14)13(9-15)6-3-7-13/h4-5,8H,3,6-7,9,15H2,1-2H3. The first-order valence-electron chi connectivity index (χ1n) is 5.76. The highest BCUT2D eigenvalue weighted by atomic mass is 79.9. The van der Waals surface area contributed by atoms with Crippen molar-refractivity contribution in [3.05, 3.63) is 28.2 Å². The molecule has 1 aliphatic rings. The number of hydrogen-bond donors (Lipinski definition) is 1. The lowest BCUT2D eigenvalue weighted by Gasteiger charge is -2.42. The topological polar surface area (TPSA) is 29.3 Å². The molecule has 0 heterocycles. The number of nitrogens with zero attached hydrogens (tertiary/aromatic N) is 1. The van der Waals surface area contributed by atoms with E-state index in [0.29, 0.717) is 0 Å². The quantitative estimate of drug-likeness (QED) is 0.924. The van der Waals surface area contributed by atoms with E-state index >= 15 is 0 Å². The molecule has 3 heteroatoms. The summed E-state index contributed by atoms with van der Waals surface area (Å²) >= 11 is 3.59. The highest BCUT2D eigenvalue weighted by Gasteiger charge is 2.37. The molecular weight excluding hydrogens is 264 g/mol. The fourth-order valence-corrected chi connectivity index (χ4v) is 3.00. The van der Waals surface area contributed by atoms with E-state index in [1.165, 1.54) is 30.5 Å². The minimum absolute atomic E-state index is 0.255. The van der Waals surface area contributed by atoms with E-state index in [1.54, 1.807) is 0 Å². The fourth-order valence-electron chi connectivity index (χ4n) is 2.40. The van der Waals surface area contributed by atoms with Crippen LogP contribution in [0.2, 0.25) is 0 Å². The lowest BCUT2D eigenvalue weighted by molar-refractivity contribution is 0.253. The first-order valence-corrected chi connectivity index (χ1v) is 6.56. The molecule has 0 spiro atoms. The Bertz CT molecular complexity index is 378. The number of benzene rings is 1. The zero-order valence-electron chi connectivity index (χ0n) is 9.96. The maximum atomic E-state index is 5.94. The van der Waals surface area contributed by atoms with Crippen molar-refractivity contribution in [2.75, 3.05) is 25.5 Å². The Hall–Kier alpha value is -0.540. The molecule has 2 nitrogen and oxygen atoms in total. The minimum Gasteiger partial charge on any atom is -0.377 e. The van der Waals surface area contributed by atoms with Crippen LogP contribution in [0.3, 0.4) is 0 Å². The van der Waals surface area contributed by atoms with Crippen LogP contribution < -0.4 is 10.6 Å². The number of hydrogen-bond acceptors (Lipinski definition) is 2. The smallest absolute Gasteiger partial charge is 0.0508 e. The molecule has 16 heavy (non-hydrogen) atoms. The van der Waals surface area contributed by atoms with Gasteiger partial charge in [0.1, 0.15) is 0 Å². The van der Waals surface area contributed by atoms with Crippen molar-refractivity contribution in [1.29, 1.82) is 0 Å². The number of anilines is 1. The predicted molar refractivity (Wildman–Crippen MR) is 73.1 cm³/mol. The molecule has 1 aromatic carbocycles. The normalized spacial score (nSPS) is 18.0. The summed E-state index contributed by atoms with van der Waals surface area (Å²) in [6, 6.07) is 6.62. The van der Waals surface area contributed by atoms with E-state index in [-0.39, 0.29) is 5.41 Å². The SMILES string of the molecule is CN(C)c1cc(C2(CN)CCC2)ccc1Br. The van der Waals surface area contributed by atoms with Crippen LogP contribution in [0.5, 0.6) is 0 Å². The summed E-state index contributed by atoms with van der Waals surface area (Å²) in [6.45, 7) is 0.765. The highest BCUT2D eigenvalue weighted by molar-refractivity contribution is 9.10. The molecule has 1 aromatic rings. The van der Waals surface area contributed by atoms with Crippen LogP contribution in [-0.2, 0) is 5.41 Å². The van der Waals surface area contributed by atoms with Crippen molar-refractivity contribution < 1.29 is 0 Å². The second kappa shape index (κ2) is 4.38. The maximum Gasteiger partial charge on any atom is 0.0508 e. The highest BCUT2D eigenvalue weighted by Crippen LogP contribution is 2.44. The first kappa shape index (κ1) is 11.9. The Morgan fingerprint density at radius 2 is 2.06 bits per heavy atom. The van der Waals surface area contributed by atoms with Gasteiger partial charge in [-0.05, 0) is 46.5 Å². The van der Waals surface area contributed by atoms with Crippen LogP contribution in [-0.4, -0.2) is 20.6 Å². The van der Waals surface area contributed by atoms with E-state index in [9.17, 15) is 0 Å². The molecule has 0 unspecified atom stereocenters. The molecule has 1 saturated carbocycles. The van der Waals surface area contributed by atoms with Gasteiger partial charge >= 0.3 is 0 Å². The van der Waals surface area contributed by atoms with E-state index < -0.39 is 0 Å². The zero-order chi connectivity index (χ0) is 11.8. The monoisotopic (exact) mass is 282 g/mol. The summed E-state index contributed by atoms with van der Waals surface area (Å²) in [6.07, 6.45) is 3.78. The van der Waals surface area contributed by atoms with Crippen molar-refractivity contribution in [1.82, 2.24) is 0 Å². The van der Waals surface area contributed by atoms with Gasteiger partial charge in [0.25, 0.3) is 0 Å². The molecule has 1 fully saturated rings. The fraction of sp³-hybridized carbons (Fsp3) is 0.538. The third-order valence-corrected chi connectivity index (χ3v) is 4.41. The maximum absolute atomic E-state index is 5.94.